The van der Waals surface area contributed by atoms with Gasteiger partial charge in [-0.1, -0.05) is 12.1 Å². The Morgan fingerprint density at radius 2 is 1.82 bits per heavy atom. The SMILES string of the molecule is C/C(C(N)=O)=C(/C)c1cccc(C(F)(F)F)c1. The van der Waals surface area contributed by atoms with Crippen LogP contribution in [0.1, 0.15) is 25.0 Å². The van der Waals surface area contributed by atoms with E-state index < -0.39 is 17.6 Å². The predicted molar refractivity (Wildman–Crippen MR) is 58.9 cm³/mol. The molecule has 0 aliphatic heterocycles. The number of hydrogen-bond acceptors (Lipinski definition) is 1. The third kappa shape index (κ3) is 3.09. The van der Waals surface area contributed by atoms with Crippen molar-refractivity contribution in [2.45, 2.75) is 20.0 Å². The van der Waals surface area contributed by atoms with Gasteiger partial charge in [-0.25, -0.2) is 0 Å². The second kappa shape index (κ2) is 4.61. The van der Waals surface area contributed by atoms with Crippen LogP contribution in [-0.2, 0) is 11.0 Å². The summed E-state index contributed by atoms with van der Waals surface area (Å²) in [7, 11) is 0. The maximum Gasteiger partial charge on any atom is 0.416 e. The molecule has 0 spiro atoms. The van der Waals surface area contributed by atoms with Gasteiger partial charge >= 0.3 is 6.18 Å². The molecule has 0 heterocycles. The Kier molecular flexibility index (Phi) is 3.60. The number of primary amides is 1. The molecule has 92 valence electrons. The van der Waals surface area contributed by atoms with Crippen LogP contribution in [-0.4, -0.2) is 5.91 Å². The van der Waals surface area contributed by atoms with Crippen LogP contribution in [0.4, 0.5) is 13.2 Å². The molecule has 2 N–H and O–H groups in total. The maximum absolute atomic E-state index is 12.5. The second-order valence-corrected chi connectivity index (χ2v) is 3.69. The number of allylic oxidation sites excluding steroid dienone is 1. The first-order chi connectivity index (χ1) is 7.73. The summed E-state index contributed by atoms with van der Waals surface area (Å²) in [6, 6.07) is 4.80. The summed E-state index contributed by atoms with van der Waals surface area (Å²) in [6.45, 7) is 3.05. The van der Waals surface area contributed by atoms with Crippen LogP contribution in [0.25, 0.3) is 5.57 Å². The van der Waals surface area contributed by atoms with Gasteiger partial charge in [-0.3, -0.25) is 4.79 Å². The summed E-state index contributed by atoms with van der Waals surface area (Å²) in [6.07, 6.45) is -4.39. The molecule has 0 fully saturated rings. The van der Waals surface area contributed by atoms with Crippen LogP contribution < -0.4 is 5.73 Å². The van der Waals surface area contributed by atoms with Gasteiger partial charge in [0.05, 0.1) is 5.56 Å². The first-order valence-electron chi connectivity index (χ1n) is 4.88. The van der Waals surface area contributed by atoms with Crippen molar-refractivity contribution in [1.82, 2.24) is 0 Å². The number of rotatable bonds is 2. The zero-order valence-electron chi connectivity index (χ0n) is 9.43. The van der Waals surface area contributed by atoms with E-state index in [9.17, 15) is 18.0 Å². The summed E-state index contributed by atoms with van der Waals surface area (Å²) in [4.78, 5) is 10.9. The van der Waals surface area contributed by atoms with Crippen molar-refractivity contribution in [2.24, 2.45) is 5.73 Å². The molecular formula is C12H12F3NO. The molecule has 5 heteroatoms. The number of amides is 1. The molecule has 0 atom stereocenters. The zero-order chi connectivity index (χ0) is 13.2. The Hall–Kier alpha value is -1.78. The van der Waals surface area contributed by atoms with Gasteiger partial charge in [-0.05, 0) is 37.1 Å². The normalized spacial score (nSPS) is 13.2. The number of carbonyl (C=O) groups is 1. The smallest absolute Gasteiger partial charge is 0.366 e. The molecule has 2 nitrogen and oxygen atoms in total. The minimum Gasteiger partial charge on any atom is -0.366 e. The van der Waals surface area contributed by atoms with E-state index in [2.05, 4.69) is 0 Å². The molecule has 1 aromatic rings. The molecule has 0 unspecified atom stereocenters. The van der Waals surface area contributed by atoms with E-state index in [0.29, 0.717) is 11.1 Å². The van der Waals surface area contributed by atoms with Gasteiger partial charge in [-0.15, -0.1) is 0 Å². The largest absolute Gasteiger partial charge is 0.416 e. The van der Waals surface area contributed by atoms with E-state index in [1.807, 2.05) is 0 Å². The predicted octanol–water partition coefficient (Wildman–Crippen LogP) is 2.98. The Balaban J connectivity index is 3.26. The van der Waals surface area contributed by atoms with Crippen molar-refractivity contribution in [1.29, 1.82) is 0 Å². The number of benzene rings is 1. The van der Waals surface area contributed by atoms with Crippen LogP contribution >= 0.6 is 0 Å². The van der Waals surface area contributed by atoms with E-state index in [1.165, 1.54) is 19.1 Å². The topological polar surface area (TPSA) is 43.1 Å². The third-order valence-electron chi connectivity index (χ3n) is 2.56. The Bertz CT molecular complexity index is 475. The lowest BCUT2D eigenvalue weighted by Crippen LogP contribution is -2.13. The standard InChI is InChI=1S/C12H12F3NO/c1-7(8(2)11(16)17)9-4-3-5-10(6-9)12(13,14)15/h3-6H,1-2H3,(H2,16,17)/b8-7+. The Labute approximate surface area is 96.9 Å². The summed E-state index contributed by atoms with van der Waals surface area (Å²) < 4.78 is 37.4. The summed E-state index contributed by atoms with van der Waals surface area (Å²) in [5.74, 6) is -0.639. The lowest BCUT2D eigenvalue weighted by atomic mass is 10.00. The highest BCUT2D eigenvalue weighted by Crippen LogP contribution is 2.31. The number of hydrogen-bond donors (Lipinski definition) is 1. The highest BCUT2D eigenvalue weighted by Gasteiger charge is 2.30. The first-order valence-corrected chi connectivity index (χ1v) is 4.88. The summed E-state index contributed by atoms with van der Waals surface area (Å²) in [5, 5.41) is 0. The molecule has 0 saturated heterocycles. The van der Waals surface area contributed by atoms with Gasteiger partial charge in [0, 0.05) is 5.57 Å². The molecule has 1 rings (SSSR count). The first kappa shape index (κ1) is 13.3. The van der Waals surface area contributed by atoms with Crippen LogP contribution in [0.15, 0.2) is 29.8 Å². The lowest BCUT2D eigenvalue weighted by Gasteiger charge is -2.10. The number of halogens is 3. The van der Waals surface area contributed by atoms with Crippen molar-refractivity contribution in [3.8, 4) is 0 Å². The van der Waals surface area contributed by atoms with Crippen LogP contribution in [0.2, 0.25) is 0 Å². The maximum atomic E-state index is 12.5. The summed E-state index contributed by atoms with van der Waals surface area (Å²) >= 11 is 0. The molecule has 1 aromatic carbocycles. The fourth-order valence-corrected chi connectivity index (χ4v) is 1.33. The Morgan fingerprint density at radius 1 is 1.24 bits per heavy atom. The highest BCUT2D eigenvalue weighted by molar-refractivity contribution is 5.99. The molecule has 0 saturated carbocycles. The number of nitrogens with two attached hydrogens (primary N) is 1. The molecule has 0 radical (unpaired) electrons. The van der Waals surface area contributed by atoms with Gasteiger partial charge < -0.3 is 5.73 Å². The van der Waals surface area contributed by atoms with Crippen LogP contribution in [0, 0.1) is 0 Å². The van der Waals surface area contributed by atoms with E-state index in [-0.39, 0.29) is 5.57 Å². The monoisotopic (exact) mass is 243 g/mol. The van der Waals surface area contributed by atoms with Gasteiger partial charge in [0.1, 0.15) is 0 Å². The van der Waals surface area contributed by atoms with Crippen molar-refractivity contribution in [2.75, 3.05) is 0 Å². The van der Waals surface area contributed by atoms with Crippen LogP contribution in [0.3, 0.4) is 0 Å². The summed E-state index contributed by atoms with van der Waals surface area (Å²) in [5.41, 5.74) is 5.38. The highest BCUT2D eigenvalue weighted by atomic mass is 19.4. The van der Waals surface area contributed by atoms with E-state index >= 15 is 0 Å². The fourth-order valence-electron chi connectivity index (χ4n) is 1.33. The van der Waals surface area contributed by atoms with Crippen molar-refractivity contribution >= 4 is 11.5 Å². The van der Waals surface area contributed by atoms with E-state index in [1.54, 1.807) is 6.92 Å². The fraction of sp³-hybridized carbons (Fsp3) is 0.250. The van der Waals surface area contributed by atoms with Crippen molar-refractivity contribution in [3.05, 3.63) is 41.0 Å². The van der Waals surface area contributed by atoms with Gasteiger partial charge in [0.15, 0.2) is 0 Å². The molecule has 1 amide bonds. The van der Waals surface area contributed by atoms with Gasteiger partial charge in [0.2, 0.25) is 5.91 Å². The van der Waals surface area contributed by atoms with Crippen LogP contribution in [0.5, 0.6) is 0 Å². The molecule has 0 aliphatic rings. The number of carbonyl (C=O) groups excluding carboxylic acids is 1. The van der Waals surface area contributed by atoms with Gasteiger partial charge in [-0.2, -0.15) is 13.2 Å². The van der Waals surface area contributed by atoms with E-state index in [0.717, 1.165) is 12.1 Å². The van der Waals surface area contributed by atoms with Gasteiger partial charge in [0.25, 0.3) is 0 Å². The molecule has 0 aromatic heterocycles. The number of alkyl halides is 3. The Morgan fingerprint density at radius 3 is 2.29 bits per heavy atom. The minimum absolute atomic E-state index is 0.254. The van der Waals surface area contributed by atoms with Crippen molar-refractivity contribution < 1.29 is 18.0 Å². The van der Waals surface area contributed by atoms with E-state index in [4.69, 9.17) is 5.73 Å². The molecular weight excluding hydrogens is 231 g/mol. The average molecular weight is 243 g/mol. The molecule has 0 aliphatic carbocycles. The quantitative estimate of drug-likeness (QED) is 0.797. The third-order valence-corrected chi connectivity index (χ3v) is 2.56. The minimum atomic E-state index is -4.39. The lowest BCUT2D eigenvalue weighted by molar-refractivity contribution is -0.137. The average Bonchev–Trinajstić information content (AvgIpc) is 2.26. The second-order valence-electron chi connectivity index (χ2n) is 3.69. The molecule has 0 bridgehead atoms. The van der Waals surface area contributed by atoms with Crippen molar-refractivity contribution in [3.63, 3.8) is 0 Å². The zero-order valence-corrected chi connectivity index (χ0v) is 9.43. The molecule has 17 heavy (non-hydrogen) atoms.